The molecule has 7 rings (SSSR count). The van der Waals surface area contributed by atoms with Gasteiger partial charge in [-0.1, -0.05) is 30.3 Å². The number of nitrogens with zero attached hydrogens (tertiary/aromatic N) is 3. The number of amides is 1. The van der Waals surface area contributed by atoms with E-state index in [-0.39, 0.29) is 17.9 Å². The highest BCUT2D eigenvalue weighted by atomic mass is 19.1. The summed E-state index contributed by atoms with van der Waals surface area (Å²) in [6.07, 6.45) is 3.50. The van der Waals surface area contributed by atoms with Crippen LogP contribution in [0.15, 0.2) is 54.6 Å². The molecule has 4 aromatic rings. The van der Waals surface area contributed by atoms with Gasteiger partial charge < -0.3 is 14.6 Å². The monoisotopic (exact) mass is 523 g/mol. The third-order valence-electron chi connectivity index (χ3n) is 8.91. The molecule has 3 atom stereocenters. The molecule has 7 heteroatoms. The van der Waals surface area contributed by atoms with Gasteiger partial charge in [0.1, 0.15) is 11.6 Å². The zero-order chi connectivity index (χ0) is 27.0. The van der Waals surface area contributed by atoms with Gasteiger partial charge in [0, 0.05) is 19.2 Å². The third kappa shape index (κ3) is 3.94. The van der Waals surface area contributed by atoms with E-state index in [1.807, 2.05) is 46.8 Å². The first-order valence-electron chi connectivity index (χ1n) is 13.7. The Kier molecular flexibility index (Phi) is 5.41. The first-order chi connectivity index (χ1) is 18.8. The van der Waals surface area contributed by atoms with E-state index in [0.717, 1.165) is 35.9 Å². The number of aliphatic carboxylic acids is 1. The van der Waals surface area contributed by atoms with E-state index in [2.05, 4.69) is 19.1 Å². The number of carboxylic acids is 1. The molecule has 0 bridgehead atoms. The van der Waals surface area contributed by atoms with E-state index < -0.39 is 17.7 Å². The van der Waals surface area contributed by atoms with Crippen LogP contribution in [0.3, 0.4) is 0 Å². The number of benzene rings is 3. The van der Waals surface area contributed by atoms with Gasteiger partial charge >= 0.3 is 5.97 Å². The lowest BCUT2D eigenvalue weighted by atomic mass is 9.92. The number of fused-ring (bicyclic) bond motifs is 2. The van der Waals surface area contributed by atoms with Crippen LogP contribution in [0.25, 0.3) is 22.4 Å². The molecule has 1 amide bonds. The predicted molar refractivity (Wildman–Crippen MR) is 146 cm³/mol. The molecule has 1 N–H and O–H groups in total. The summed E-state index contributed by atoms with van der Waals surface area (Å²) >= 11 is 0. The minimum atomic E-state index is -0.832. The first-order valence-corrected chi connectivity index (χ1v) is 13.7. The normalized spacial score (nSPS) is 22.1. The fourth-order valence-electron chi connectivity index (χ4n) is 6.38. The minimum absolute atomic E-state index is 0.00979. The van der Waals surface area contributed by atoms with Gasteiger partial charge in [-0.05, 0) is 91.0 Å². The van der Waals surface area contributed by atoms with Gasteiger partial charge in [-0.15, -0.1) is 0 Å². The Labute approximate surface area is 226 Å². The molecule has 2 fully saturated rings. The maximum atomic E-state index is 15.4. The van der Waals surface area contributed by atoms with Crippen LogP contribution in [0.1, 0.15) is 76.7 Å². The number of carbonyl (C=O) groups excluding carboxylic acids is 1. The summed E-state index contributed by atoms with van der Waals surface area (Å²) in [4.78, 5) is 32.0. The fourth-order valence-corrected chi connectivity index (χ4v) is 6.38. The number of hydrogen-bond acceptors (Lipinski definition) is 3. The molecule has 0 unspecified atom stereocenters. The van der Waals surface area contributed by atoms with Crippen LogP contribution in [0.2, 0.25) is 0 Å². The van der Waals surface area contributed by atoms with Crippen molar-refractivity contribution in [2.24, 2.45) is 13.0 Å². The highest BCUT2D eigenvalue weighted by molar-refractivity contribution is 5.99. The predicted octanol–water partition coefficient (Wildman–Crippen LogP) is 6.20. The van der Waals surface area contributed by atoms with E-state index in [1.165, 1.54) is 17.2 Å². The molecule has 0 spiro atoms. The van der Waals surface area contributed by atoms with E-state index in [1.54, 1.807) is 6.07 Å². The second-order valence-corrected chi connectivity index (χ2v) is 11.4. The maximum Gasteiger partial charge on any atom is 0.307 e. The van der Waals surface area contributed by atoms with E-state index in [9.17, 15) is 14.7 Å². The molecule has 39 heavy (non-hydrogen) atoms. The van der Waals surface area contributed by atoms with Gasteiger partial charge in [0.15, 0.2) is 0 Å². The Bertz CT molecular complexity index is 1670. The molecule has 6 nitrogen and oxygen atoms in total. The SMILES string of the molecule is C[C@@H]1c2ccccc2CCN1C(=O)c1cc(C2CC2)c2nc(-c3ccc([C@H]4C[C@H]4C(=O)O)cc3F)n(C)c2c1. The van der Waals surface area contributed by atoms with Crippen LogP contribution in [-0.2, 0) is 18.3 Å². The van der Waals surface area contributed by atoms with Crippen molar-refractivity contribution in [3.63, 3.8) is 0 Å². The summed E-state index contributed by atoms with van der Waals surface area (Å²) in [5.74, 6) is -0.932. The smallest absolute Gasteiger partial charge is 0.307 e. The Morgan fingerprint density at radius 3 is 2.56 bits per heavy atom. The number of hydrogen-bond donors (Lipinski definition) is 1. The summed E-state index contributed by atoms with van der Waals surface area (Å²) < 4.78 is 17.3. The second kappa shape index (κ2) is 8.76. The highest BCUT2D eigenvalue weighted by Crippen LogP contribution is 2.48. The van der Waals surface area contributed by atoms with Crippen LogP contribution in [0.5, 0.6) is 0 Å². The molecular formula is C32H30FN3O3. The van der Waals surface area contributed by atoms with Gasteiger partial charge in [0.25, 0.3) is 5.91 Å². The van der Waals surface area contributed by atoms with Crippen molar-refractivity contribution in [3.8, 4) is 11.4 Å². The van der Waals surface area contributed by atoms with Crippen molar-refractivity contribution < 1.29 is 19.1 Å². The number of aryl methyl sites for hydroxylation is 1. The van der Waals surface area contributed by atoms with Crippen molar-refractivity contribution >= 4 is 22.9 Å². The van der Waals surface area contributed by atoms with Crippen LogP contribution < -0.4 is 0 Å². The summed E-state index contributed by atoms with van der Waals surface area (Å²) in [5.41, 5.74) is 6.93. The standard InChI is InChI=1S/C32H30FN3O3/c1-17-22-6-4-3-5-18(22)11-12-36(17)31(37)21-13-25(19-7-8-19)29-28(15-21)35(2)30(34-29)23-10-9-20(14-27(23)33)24-16-26(24)32(38)39/h3-6,9-10,13-15,17,19,24,26H,7-8,11-12,16H2,1-2H3,(H,38,39)/t17-,24-,26-/m1/s1. The third-order valence-corrected chi connectivity index (χ3v) is 8.91. The molecule has 2 aliphatic carbocycles. The molecule has 2 saturated carbocycles. The topological polar surface area (TPSA) is 75.4 Å². The van der Waals surface area contributed by atoms with E-state index in [4.69, 9.17) is 4.98 Å². The quantitative estimate of drug-likeness (QED) is 0.338. The van der Waals surface area contributed by atoms with Crippen molar-refractivity contribution in [3.05, 3.63) is 88.2 Å². The minimum Gasteiger partial charge on any atom is -0.481 e. The zero-order valence-electron chi connectivity index (χ0n) is 22.0. The molecule has 0 saturated heterocycles. The highest BCUT2D eigenvalue weighted by Gasteiger charge is 2.44. The second-order valence-electron chi connectivity index (χ2n) is 11.4. The molecule has 0 radical (unpaired) electrons. The summed E-state index contributed by atoms with van der Waals surface area (Å²) in [6.45, 7) is 2.76. The molecule has 3 aliphatic rings. The lowest BCUT2D eigenvalue weighted by Gasteiger charge is -2.35. The molecule has 198 valence electrons. The molecule has 3 aromatic carbocycles. The Hall–Kier alpha value is -4.00. The van der Waals surface area contributed by atoms with Crippen molar-refractivity contribution in [2.45, 2.75) is 50.5 Å². The van der Waals surface area contributed by atoms with Crippen LogP contribution >= 0.6 is 0 Å². The molecule has 2 heterocycles. The van der Waals surface area contributed by atoms with Crippen molar-refractivity contribution in [2.75, 3.05) is 6.54 Å². The molecule has 1 aromatic heterocycles. The van der Waals surface area contributed by atoms with Gasteiger partial charge in [-0.3, -0.25) is 9.59 Å². The molecular weight excluding hydrogens is 493 g/mol. The summed E-state index contributed by atoms with van der Waals surface area (Å²) in [7, 11) is 1.87. The van der Waals surface area contributed by atoms with Crippen LogP contribution in [0.4, 0.5) is 4.39 Å². The number of carboxylic acid groups (broad SMARTS) is 1. The summed E-state index contributed by atoms with van der Waals surface area (Å²) in [6, 6.07) is 17.2. The number of rotatable bonds is 5. The number of aromatic nitrogens is 2. The summed E-state index contributed by atoms with van der Waals surface area (Å²) in [5, 5.41) is 9.25. The average Bonchev–Trinajstić information content (AvgIpc) is 3.86. The van der Waals surface area contributed by atoms with Crippen molar-refractivity contribution in [1.29, 1.82) is 0 Å². The largest absolute Gasteiger partial charge is 0.481 e. The number of imidazole rings is 1. The zero-order valence-corrected chi connectivity index (χ0v) is 22.0. The van der Waals surface area contributed by atoms with Gasteiger partial charge in [-0.25, -0.2) is 9.37 Å². The van der Waals surface area contributed by atoms with Crippen molar-refractivity contribution in [1.82, 2.24) is 14.5 Å². The maximum absolute atomic E-state index is 15.4. The van der Waals surface area contributed by atoms with Gasteiger partial charge in [0.05, 0.1) is 28.6 Å². The van der Waals surface area contributed by atoms with Gasteiger partial charge in [-0.2, -0.15) is 0 Å². The molecule has 1 aliphatic heterocycles. The first kappa shape index (κ1) is 24.1. The lowest BCUT2D eigenvalue weighted by Crippen LogP contribution is -2.38. The average molecular weight is 524 g/mol. The van der Waals surface area contributed by atoms with Crippen LogP contribution in [-0.4, -0.2) is 38.0 Å². The van der Waals surface area contributed by atoms with E-state index in [0.29, 0.717) is 41.4 Å². The van der Waals surface area contributed by atoms with E-state index >= 15 is 4.39 Å². The van der Waals surface area contributed by atoms with Gasteiger partial charge in [0.2, 0.25) is 0 Å². The lowest BCUT2D eigenvalue weighted by molar-refractivity contribution is -0.138. The Morgan fingerprint density at radius 1 is 1.05 bits per heavy atom. The van der Waals surface area contributed by atoms with Crippen LogP contribution in [0, 0.1) is 11.7 Å². The fraction of sp³-hybridized carbons (Fsp3) is 0.344. The Balaban J connectivity index is 1.27. The number of carbonyl (C=O) groups is 2. The Morgan fingerprint density at radius 2 is 1.85 bits per heavy atom. The number of halogens is 1.